The van der Waals surface area contributed by atoms with Crippen LogP contribution in [-0.2, 0) is 4.74 Å². The molecule has 21 heavy (non-hydrogen) atoms. The van der Waals surface area contributed by atoms with Crippen molar-refractivity contribution in [1.29, 1.82) is 0 Å². The molecule has 1 heterocycles. The van der Waals surface area contributed by atoms with Gasteiger partial charge in [0.1, 0.15) is 0 Å². The summed E-state index contributed by atoms with van der Waals surface area (Å²) in [6.07, 6.45) is 2.18. The van der Waals surface area contributed by atoms with Crippen LogP contribution in [0.3, 0.4) is 0 Å². The number of methoxy groups -OCH3 is 1. The number of rotatable bonds is 6. The first-order chi connectivity index (χ1) is 10.2. The van der Waals surface area contributed by atoms with Crippen LogP contribution in [-0.4, -0.2) is 38.9 Å². The summed E-state index contributed by atoms with van der Waals surface area (Å²) in [5, 5.41) is 2.89. The lowest BCUT2D eigenvalue weighted by atomic mass is 10.1. The van der Waals surface area contributed by atoms with Gasteiger partial charge in [-0.2, -0.15) is 0 Å². The van der Waals surface area contributed by atoms with Crippen molar-refractivity contribution in [2.75, 3.05) is 26.9 Å². The maximum Gasteiger partial charge on any atom is 0.251 e. The number of carbonyl (C=O) groups is 1. The Hall–Kier alpha value is -1.27. The molecule has 1 aromatic carbocycles. The van der Waals surface area contributed by atoms with Crippen LogP contribution in [0.5, 0.6) is 11.5 Å². The summed E-state index contributed by atoms with van der Waals surface area (Å²) >= 11 is 3.40. The molecule has 6 heteroatoms. The van der Waals surface area contributed by atoms with Crippen molar-refractivity contribution in [2.24, 2.45) is 0 Å². The minimum Gasteiger partial charge on any atom is -0.492 e. The highest BCUT2D eigenvalue weighted by Gasteiger charge is 2.18. The van der Waals surface area contributed by atoms with Gasteiger partial charge in [0.2, 0.25) is 0 Å². The SMILES string of the molecule is CCOc1cc(C(=O)NC[C@@H]2CCCO2)cc(Br)c1OC. The van der Waals surface area contributed by atoms with Crippen molar-refractivity contribution in [3.05, 3.63) is 22.2 Å². The summed E-state index contributed by atoms with van der Waals surface area (Å²) in [7, 11) is 1.57. The highest BCUT2D eigenvalue weighted by molar-refractivity contribution is 9.10. The molecule has 1 aliphatic rings. The second kappa shape index (κ2) is 7.66. The van der Waals surface area contributed by atoms with E-state index in [1.165, 1.54) is 0 Å². The molecule has 1 aliphatic heterocycles. The van der Waals surface area contributed by atoms with Gasteiger partial charge in [-0.15, -0.1) is 0 Å². The fourth-order valence-electron chi connectivity index (χ4n) is 2.27. The molecule has 1 aromatic rings. The Balaban J connectivity index is 2.08. The van der Waals surface area contributed by atoms with Crippen molar-refractivity contribution in [3.8, 4) is 11.5 Å². The number of halogens is 1. The minimum atomic E-state index is -0.144. The Morgan fingerprint density at radius 2 is 2.33 bits per heavy atom. The van der Waals surface area contributed by atoms with Crippen LogP contribution in [0, 0.1) is 0 Å². The first kappa shape index (κ1) is 16.1. The molecule has 0 spiro atoms. The van der Waals surface area contributed by atoms with Gasteiger partial charge in [-0.1, -0.05) is 0 Å². The fraction of sp³-hybridized carbons (Fsp3) is 0.533. The van der Waals surface area contributed by atoms with E-state index in [9.17, 15) is 4.79 Å². The second-order valence-electron chi connectivity index (χ2n) is 4.77. The number of hydrogen-bond donors (Lipinski definition) is 1. The third-order valence-electron chi connectivity index (χ3n) is 3.29. The zero-order valence-electron chi connectivity index (χ0n) is 12.3. The number of carbonyl (C=O) groups excluding carboxylic acids is 1. The van der Waals surface area contributed by atoms with Crippen molar-refractivity contribution >= 4 is 21.8 Å². The minimum absolute atomic E-state index is 0.127. The molecule has 0 bridgehead atoms. The molecule has 1 N–H and O–H groups in total. The van der Waals surface area contributed by atoms with Gasteiger partial charge in [-0.05, 0) is 47.8 Å². The molecule has 0 saturated carbocycles. The first-order valence-electron chi connectivity index (χ1n) is 7.05. The van der Waals surface area contributed by atoms with Crippen molar-refractivity contribution < 1.29 is 19.0 Å². The van der Waals surface area contributed by atoms with Crippen LogP contribution >= 0.6 is 15.9 Å². The summed E-state index contributed by atoms with van der Waals surface area (Å²) in [4.78, 5) is 12.2. The molecule has 0 aromatic heterocycles. The number of nitrogens with one attached hydrogen (secondary N) is 1. The van der Waals surface area contributed by atoms with Crippen molar-refractivity contribution in [3.63, 3.8) is 0 Å². The topological polar surface area (TPSA) is 56.8 Å². The van der Waals surface area contributed by atoms with Crippen molar-refractivity contribution in [2.45, 2.75) is 25.9 Å². The lowest BCUT2D eigenvalue weighted by Gasteiger charge is -2.14. The van der Waals surface area contributed by atoms with E-state index in [4.69, 9.17) is 14.2 Å². The number of hydrogen-bond acceptors (Lipinski definition) is 4. The van der Waals surface area contributed by atoms with E-state index in [0.29, 0.717) is 34.7 Å². The molecular formula is C15H20BrNO4. The van der Waals surface area contributed by atoms with E-state index < -0.39 is 0 Å². The van der Waals surface area contributed by atoms with E-state index >= 15 is 0 Å². The smallest absolute Gasteiger partial charge is 0.251 e. The maximum atomic E-state index is 12.2. The maximum absolute atomic E-state index is 12.2. The Labute approximate surface area is 133 Å². The monoisotopic (exact) mass is 357 g/mol. The molecule has 0 radical (unpaired) electrons. The normalized spacial score (nSPS) is 17.6. The molecule has 1 amide bonds. The first-order valence-corrected chi connectivity index (χ1v) is 7.85. The molecular weight excluding hydrogens is 338 g/mol. The molecule has 0 aliphatic carbocycles. The predicted molar refractivity (Wildman–Crippen MR) is 83.2 cm³/mol. The number of amides is 1. The number of ether oxygens (including phenoxy) is 3. The summed E-state index contributed by atoms with van der Waals surface area (Å²) in [5.41, 5.74) is 0.532. The number of benzene rings is 1. The highest BCUT2D eigenvalue weighted by atomic mass is 79.9. The summed E-state index contributed by atoms with van der Waals surface area (Å²) in [6, 6.07) is 3.42. The summed E-state index contributed by atoms with van der Waals surface area (Å²) in [6.45, 7) is 3.71. The van der Waals surface area contributed by atoms with Crippen molar-refractivity contribution in [1.82, 2.24) is 5.32 Å². The average Bonchev–Trinajstić information content (AvgIpc) is 2.98. The van der Waals surface area contributed by atoms with Gasteiger partial charge < -0.3 is 19.5 Å². The Bertz CT molecular complexity index is 501. The molecule has 1 saturated heterocycles. The van der Waals surface area contributed by atoms with Crippen LogP contribution in [0.15, 0.2) is 16.6 Å². The Kier molecular flexibility index (Phi) is 5.87. The molecule has 0 unspecified atom stereocenters. The zero-order valence-corrected chi connectivity index (χ0v) is 13.9. The molecule has 1 atom stereocenters. The molecule has 5 nitrogen and oxygen atoms in total. The van der Waals surface area contributed by atoms with E-state index in [1.54, 1.807) is 19.2 Å². The third-order valence-corrected chi connectivity index (χ3v) is 3.88. The Morgan fingerprint density at radius 1 is 1.52 bits per heavy atom. The van der Waals surface area contributed by atoms with Crippen LogP contribution in [0.4, 0.5) is 0 Å². The summed E-state index contributed by atoms with van der Waals surface area (Å²) in [5.74, 6) is 0.999. The third kappa shape index (κ3) is 4.11. The van der Waals surface area contributed by atoms with E-state index in [2.05, 4.69) is 21.2 Å². The van der Waals surface area contributed by atoms with Gasteiger partial charge in [0.25, 0.3) is 5.91 Å². The second-order valence-corrected chi connectivity index (χ2v) is 5.62. The predicted octanol–water partition coefficient (Wildman–Crippen LogP) is 2.77. The van der Waals surface area contributed by atoms with Gasteiger partial charge in [0, 0.05) is 18.7 Å². The summed E-state index contributed by atoms with van der Waals surface area (Å²) < 4.78 is 17.0. The zero-order chi connectivity index (χ0) is 15.2. The van der Waals surface area contributed by atoms with Crippen LogP contribution in [0.2, 0.25) is 0 Å². The average molecular weight is 358 g/mol. The lowest BCUT2D eigenvalue weighted by molar-refractivity contribution is 0.0857. The van der Waals surface area contributed by atoms with Gasteiger partial charge in [-0.3, -0.25) is 4.79 Å². The fourth-order valence-corrected chi connectivity index (χ4v) is 2.88. The lowest BCUT2D eigenvalue weighted by Crippen LogP contribution is -2.31. The Morgan fingerprint density at radius 3 is 2.95 bits per heavy atom. The molecule has 116 valence electrons. The van der Waals surface area contributed by atoms with Gasteiger partial charge in [0.15, 0.2) is 11.5 Å². The van der Waals surface area contributed by atoms with Gasteiger partial charge >= 0.3 is 0 Å². The largest absolute Gasteiger partial charge is 0.492 e. The standard InChI is InChI=1S/C15H20BrNO4/c1-3-20-13-8-10(7-12(16)14(13)19-2)15(18)17-9-11-5-4-6-21-11/h7-8,11H,3-6,9H2,1-2H3,(H,17,18)/t11-/m0/s1. The van der Waals surface area contributed by atoms with Crippen LogP contribution in [0.25, 0.3) is 0 Å². The van der Waals surface area contributed by atoms with E-state index in [1.807, 2.05) is 6.92 Å². The molecule has 2 rings (SSSR count). The quantitative estimate of drug-likeness (QED) is 0.850. The van der Waals surface area contributed by atoms with Gasteiger partial charge in [0.05, 0.1) is 24.3 Å². The van der Waals surface area contributed by atoms with E-state index in [0.717, 1.165) is 19.4 Å². The van der Waals surface area contributed by atoms with Crippen LogP contribution in [0.1, 0.15) is 30.1 Å². The highest BCUT2D eigenvalue weighted by Crippen LogP contribution is 2.36. The van der Waals surface area contributed by atoms with E-state index in [-0.39, 0.29) is 12.0 Å². The molecule has 1 fully saturated rings. The van der Waals surface area contributed by atoms with Crippen LogP contribution < -0.4 is 14.8 Å². The van der Waals surface area contributed by atoms with Gasteiger partial charge in [-0.25, -0.2) is 0 Å².